The van der Waals surface area contributed by atoms with Crippen molar-refractivity contribution in [3.05, 3.63) is 53.5 Å². The number of hydrogen-bond donors (Lipinski definition) is 2. The highest BCUT2D eigenvalue weighted by Gasteiger charge is 2.30. The van der Waals surface area contributed by atoms with Gasteiger partial charge in [0, 0.05) is 18.4 Å². The molecule has 0 fully saturated rings. The number of fused-ring (bicyclic) bond motifs is 1. The van der Waals surface area contributed by atoms with Gasteiger partial charge in [0.25, 0.3) is 21.8 Å². The Balaban J connectivity index is 1.90. The molecule has 1 aromatic rings. The molecule has 2 aliphatic rings. The number of primary amides is 1. The smallest absolute Gasteiger partial charge is 0.259 e. The first-order valence-electron chi connectivity index (χ1n) is 7.16. The number of hydrogen-bond acceptors (Lipinski definition) is 5. The SMILES string of the molecule is NC(=O)c1cc(NC(=O)C2=CC=CN3CCS(=O)(=O)N=C23)ccc1F. The number of nitrogens with zero attached hydrogens (tertiary/aromatic N) is 2. The highest BCUT2D eigenvalue weighted by molar-refractivity contribution is 7.90. The second-order valence-corrected chi connectivity index (χ2v) is 7.08. The Morgan fingerprint density at radius 3 is 2.80 bits per heavy atom. The lowest BCUT2D eigenvalue weighted by atomic mass is 10.1. The maximum atomic E-state index is 13.5. The minimum Gasteiger partial charge on any atom is -0.366 e. The van der Waals surface area contributed by atoms with Crippen LogP contribution < -0.4 is 11.1 Å². The fraction of sp³-hybridized carbons (Fsp3) is 0.133. The van der Waals surface area contributed by atoms with Crippen LogP contribution >= 0.6 is 0 Å². The molecule has 0 spiro atoms. The zero-order valence-corrected chi connectivity index (χ0v) is 13.6. The number of carbonyl (C=O) groups excluding carboxylic acids is 2. The number of allylic oxidation sites excluding steroid dienone is 2. The Morgan fingerprint density at radius 2 is 2.08 bits per heavy atom. The Morgan fingerprint density at radius 1 is 1.32 bits per heavy atom. The van der Waals surface area contributed by atoms with E-state index in [-0.39, 0.29) is 35.0 Å². The van der Waals surface area contributed by atoms with Crippen molar-refractivity contribution >= 4 is 33.4 Å². The number of nitrogens with one attached hydrogen (secondary N) is 1. The molecular formula is C15H13FN4O4S. The van der Waals surface area contributed by atoms with Gasteiger partial charge in [-0.3, -0.25) is 9.59 Å². The average Bonchev–Trinajstić information content (AvgIpc) is 2.55. The summed E-state index contributed by atoms with van der Waals surface area (Å²) in [6.07, 6.45) is 4.63. The van der Waals surface area contributed by atoms with Crippen LogP contribution in [-0.2, 0) is 14.8 Å². The topological polar surface area (TPSA) is 122 Å². The van der Waals surface area contributed by atoms with Gasteiger partial charge in [-0.2, -0.15) is 0 Å². The molecule has 0 aromatic heterocycles. The summed E-state index contributed by atoms with van der Waals surface area (Å²) in [4.78, 5) is 25.2. The summed E-state index contributed by atoms with van der Waals surface area (Å²) >= 11 is 0. The Kier molecular flexibility index (Phi) is 4.13. The van der Waals surface area contributed by atoms with E-state index in [1.165, 1.54) is 12.1 Å². The first kappa shape index (κ1) is 16.8. The number of halogens is 1. The van der Waals surface area contributed by atoms with Gasteiger partial charge in [0.2, 0.25) is 0 Å². The van der Waals surface area contributed by atoms with E-state index in [2.05, 4.69) is 9.71 Å². The van der Waals surface area contributed by atoms with Crippen LogP contribution in [0, 0.1) is 5.82 Å². The van der Waals surface area contributed by atoms with Crippen molar-refractivity contribution in [1.29, 1.82) is 0 Å². The van der Waals surface area contributed by atoms with Crippen LogP contribution in [0.5, 0.6) is 0 Å². The normalized spacial score (nSPS) is 18.0. The number of nitrogens with two attached hydrogens (primary N) is 1. The maximum absolute atomic E-state index is 13.5. The minimum atomic E-state index is -3.64. The number of anilines is 1. The number of amides is 2. The van der Waals surface area contributed by atoms with Crippen molar-refractivity contribution < 1.29 is 22.4 Å². The molecular weight excluding hydrogens is 351 g/mol. The molecule has 0 bridgehead atoms. The quantitative estimate of drug-likeness (QED) is 0.802. The van der Waals surface area contributed by atoms with E-state index in [4.69, 9.17) is 5.73 Å². The number of amidine groups is 1. The summed E-state index contributed by atoms with van der Waals surface area (Å²) in [6, 6.07) is 3.36. The van der Waals surface area contributed by atoms with Crippen molar-refractivity contribution in [2.45, 2.75) is 0 Å². The fourth-order valence-electron chi connectivity index (χ4n) is 2.38. The third kappa shape index (κ3) is 3.43. The molecule has 10 heteroatoms. The van der Waals surface area contributed by atoms with Crippen LogP contribution in [0.25, 0.3) is 0 Å². The number of carbonyl (C=O) groups is 2. The largest absolute Gasteiger partial charge is 0.366 e. The molecule has 2 aliphatic heterocycles. The maximum Gasteiger partial charge on any atom is 0.259 e. The van der Waals surface area contributed by atoms with Crippen LogP contribution in [0.3, 0.4) is 0 Å². The van der Waals surface area contributed by atoms with Gasteiger partial charge in [-0.25, -0.2) is 12.8 Å². The predicted molar refractivity (Wildman–Crippen MR) is 88.7 cm³/mol. The molecule has 25 heavy (non-hydrogen) atoms. The van der Waals surface area contributed by atoms with Gasteiger partial charge in [-0.1, -0.05) is 0 Å². The Bertz CT molecular complexity index is 966. The molecule has 3 rings (SSSR count). The minimum absolute atomic E-state index is 0.0171. The molecule has 0 saturated heterocycles. The third-order valence-electron chi connectivity index (χ3n) is 3.59. The van der Waals surface area contributed by atoms with Crippen molar-refractivity contribution in [3.63, 3.8) is 0 Å². The van der Waals surface area contributed by atoms with Crippen molar-refractivity contribution in [2.24, 2.45) is 10.1 Å². The summed E-state index contributed by atoms with van der Waals surface area (Å²) in [7, 11) is -3.64. The van der Waals surface area contributed by atoms with Crippen LogP contribution in [-0.4, -0.2) is 43.3 Å². The summed E-state index contributed by atoms with van der Waals surface area (Å²) in [5.41, 5.74) is 4.88. The number of sulfonamides is 1. The molecule has 0 atom stereocenters. The van der Waals surface area contributed by atoms with E-state index in [9.17, 15) is 22.4 Å². The lowest BCUT2D eigenvalue weighted by Gasteiger charge is -2.28. The molecule has 3 N–H and O–H groups in total. The van der Waals surface area contributed by atoms with Crippen molar-refractivity contribution in [1.82, 2.24) is 4.90 Å². The van der Waals surface area contributed by atoms with Crippen molar-refractivity contribution in [2.75, 3.05) is 17.6 Å². The lowest BCUT2D eigenvalue weighted by molar-refractivity contribution is -0.112. The summed E-state index contributed by atoms with van der Waals surface area (Å²) < 4.78 is 40.5. The molecule has 8 nitrogen and oxygen atoms in total. The standard InChI is InChI=1S/C15H13FN4O4S/c16-12-4-3-9(8-11(12)13(17)21)18-15(22)10-2-1-5-20-6-7-25(23,24)19-14(10)20/h1-5,8H,6-7H2,(H2,17,21)(H,18,22). The fourth-order valence-corrected chi connectivity index (χ4v) is 3.37. The monoisotopic (exact) mass is 364 g/mol. The Labute approximate surface area is 142 Å². The van der Waals surface area contributed by atoms with Gasteiger partial charge in [0.15, 0.2) is 5.84 Å². The average molecular weight is 364 g/mol. The summed E-state index contributed by atoms with van der Waals surface area (Å²) in [5.74, 6) is -2.55. The van der Waals surface area contributed by atoms with E-state index in [1.54, 1.807) is 17.2 Å². The highest BCUT2D eigenvalue weighted by atomic mass is 32.2. The van der Waals surface area contributed by atoms with Gasteiger partial charge in [-0.05, 0) is 30.4 Å². The molecule has 0 radical (unpaired) electrons. The van der Waals surface area contributed by atoms with Gasteiger partial charge in [0.1, 0.15) is 5.82 Å². The van der Waals surface area contributed by atoms with E-state index in [1.807, 2.05) is 0 Å². The van der Waals surface area contributed by atoms with Crippen LogP contribution in [0.2, 0.25) is 0 Å². The zero-order valence-electron chi connectivity index (χ0n) is 12.8. The Hall–Kier alpha value is -3.01. The van der Waals surface area contributed by atoms with Crippen LogP contribution in [0.1, 0.15) is 10.4 Å². The summed E-state index contributed by atoms with van der Waals surface area (Å²) in [6.45, 7) is 0.185. The second kappa shape index (κ2) is 6.13. The van der Waals surface area contributed by atoms with Crippen LogP contribution in [0.4, 0.5) is 10.1 Å². The molecule has 2 amide bonds. The van der Waals surface area contributed by atoms with E-state index in [0.717, 1.165) is 12.1 Å². The zero-order chi connectivity index (χ0) is 18.2. The lowest BCUT2D eigenvalue weighted by Crippen LogP contribution is -2.40. The van der Waals surface area contributed by atoms with Gasteiger partial charge in [0.05, 0.1) is 16.9 Å². The predicted octanol–water partition coefficient (Wildman–Crippen LogP) is 0.361. The van der Waals surface area contributed by atoms with E-state index in [0.29, 0.717) is 0 Å². The number of rotatable bonds is 3. The van der Waals surface area contributed by atoms with Crippen molar-refractivity contribution in [3.8, 4) is 0 Å². The van der Waals surface area contributed by atoms with Crippen LogP contribution in [0.15, 0.2) is 46.5 Å². The van der Waals surface area contributed by atoms with E-state index < -0.39 is 27.7 Å². The molecule has 0 aliphatic carbocycles. The van der Waals surface area contributed by atoms with Gasteiger partial charge < -0.3 is 16.0 Å². The molecule has 130 valence electrons. The second-order valence-electron chi connectivity index (χ2n) is 5.33. The van der Waals surface area contributed by atoms with Gasteiger partial charge >= 0.3 is 0 Å². The summed E-state index contributed by atoms with van der Waals surface area (Å²) in [5, 5.41) is 2.48. The third-order valence-corrected chi connectivity index (χ3v) is 4.74. The molecule has 0 saturated carbocycles. The number of benzene rings is 1. The molecule has 2 heterocycles. The van der Waals surface area contributed by atoms with E-state index >= 15 is 0 Å². The molecule has 0 unspecified atom stereocenters. The highest BCUT2D eigenvalue weighted by Crippen LogP contribution is 2.20. The first-order valence-corrected chi connectivity index (χ1v) is 8.76. The van der Waals surface area contributed by atoms with Gasteiger partial charge in [-0.15, -0.1) is 4.40 Å². The first-order chi connectivity index (χ1) is 11.8. The molecule has 1 aromatic carbocycles.